The number of hydrogen-bond acceptors (Lipinski definition) is 3. The van der Waals surface area contributed by atoms with E-state index in [1.807, 2.05) is 6.92 Å². The fourth-order valence-electron chi connectivity index (χ4n) is 1.93. The molecule has 0 aromatic rings. The predicted octanol–water partition coefficient (Wildman–Crippen LogP) is 0.570. The van der Waals surface area contributed by atoms with Crippen LogP contribution in [0.4, 0.5) is 0 Å². The number of nitrogens with zero attached hydrogens (tertiary/aromatic N) is 1. The highest BCUT2D eigenvalue weighted by Crippen LogP contribution is 2.32. The number of halogens is 1. The molecule has 2 aliphatic rings. The van der Waals surface area contributed by atoms with Crippen molar-refractivity contribution in [3.05, 3.63) is 0 Å². The molecule has 1 saturated heterocycles. The van der Waals surface area contributed by atoms with E-state index in [9.17, 15) is 8.42 Å². The second-order valence-corrected chi connectivity index (χ2v) is 6.75. The van der Waals surface area contributed by atoms with E-state index in [1.54, 1.807) is 4.31 Å². The number of hydrogen-bond donors (Lipinski definition) is 1. The van der Waals surface area contributed by atoms with Crippen LogP contribution in [0.5, 0.6) is 0 Å². The van der Waals surface area contributed by atoms with E-state index in [0.29, 0.717) is 13.1 Å². The Labute approximate surface area is 97.7 Å². The van der Waals surface area contributed by atoms with Crippen LogP contribution in [0.2, 0.25) is 0 Å². The van der Waals surface area contributed by atoms with E-state index >= 15 is 0 Å². The monoisotopic (exact) mass is 254 g/mol. The Morgan fingerprint density at radius 1 is 1.27 bits per heavy atom. The first-order valence-corrected chi connectivity index (χ1v) is 6.76. The molecule has 90 valence electrons. The Kier molecular flexibility index (Phi) is 4.03. The summed E-state index contributed by atoms with van der Waals surface area (Å²) < 4.78 is 25.4. The van der Waals surface area contributed by atoms with Crippen molar-refractivity contribution >= 4 is 22.4 Å². The Morgan fingerprint density at radius 2 is 1.87 bits per heavy atom. The summed E-state index contributed by atoms with van der Waals surface area (Å²) >= 11 is 0. The smallest absolute Gasteiger partial charge is 0.216 e. The van der Waals surface area contributed by atoms with Gasteiger partial charge in [0.2, 0.25) is 10.0 Å². The summed E-state index contributed by atoms with van der Waals surface area (Å²) in [7, 11) is -2.97. The molecule has 0 radical (unpaired) electrons. The van der Waals surface area contributed by atoms with Crippen LogP contribution in [0.3, 0.4) is 0 Å². The molecule has 6 heteroatoms. The van der Waals surface area contributed by atoms with E-state index in [1.165, 1.54) is 0 Å². The normalized spacial score (nSPS) is 33.5. The van der Waals surface area contributed by atoms with Gasteiger partial charge >= 0.3 is 0 Å². The Bertz CT molecular complexity index is 316. The van der Waals surface area contributed by atoms with Gasteiger partial charge in [-0.1, -0.05) is 6.92 Å². The van der Waals surface area contributed by atoms with Gasteiger partial charge in [-0.25, -0.2) is 12.7 Å². The summed E-state index contributed by atoms with van der Waals surface area (Å²) in [6.07, 6.45) is 2.49. The summed E-state index contributed by atoms with van der Waals surface area (Å²) in [6, 6.07) is 0.167. The second kappa shape index (κ2) is 4.57. The molecule has 0 aromatic heterocycles. The lowest BCUT2D eigenvalue weighted by Gasteiger charge is -2.34. The van der Waals surface area contributed by atoms with Gasteiger partial charge in [0.05, 0.1) is 5.25 Å². The standard InChI is InChI=1S/C9H18N2O2S.ClH/c1-7-6-11(5-4-9(7)10)14(12,13)8-2-3-8;/h7-9H,2-6,10H2,1H3;1H. The first kappa shape index (κ1) is 13.2. The summed E-state index contributed by atoms with van der Waals surface area (Å²) in [6.45, 7) is 3.25. The number of nitrogens with two attached hydrogens (primary N) is 1. The SMILES string of the molecule is CC1CN(S(=O)(=O)C2CC2)CCC1N.Cl. The minimum atomic E-state index is -2.97. The van der Waals surface area contributed by atoms with Gasteiger partial charge in [-0.2, -0.15) is 0 Å². The molecule has 0 aromatic carbocycles. The molecule has 2 atom stereocenters. The van der Waals surface area contributed by atoms with E-state index in [0.717, 1.165) is 19.3 Å². The van der Waals surface area contributed by atoms with E-state index in [2.05, 4.69) is 0 Å². The lowest BCUT2D eigenvalue weighted by atomic mass is 9.96. The lowest BCUT2D eigenvalue weighted by molar-refractivity contribution is 0.250. The maximum Gasteiger partial charge on any atom is 0.216 e. The van der Waals surface area contributed by atoms with Crippen molar-refractivity contribution in [1.29, 1.82) is 0 Å². The number of piperidine rings is 1. The van der Waals surface area contributed by atoms with Crippen molar-refractivity contribution in [3.63, 3.8) is 0 Å². The summed E-state index contributed by atoms with van der Waals surface area (Å²) in [5, 5.41) is -0.0796. The van der Waals surface area contributed by atoms with Gasteiger partial charge in [-0.15, -0.1) is 12.4 Å². The predicted molar refractivity (Wildman–Crippen MR) is 62.5 cm³/mol. The first-order chi connectivity index (χ1) is 6.51. The van der Waals surface area contributed by atoms with Gasteiger partial charge in [0, 0.05) is 19.1 Å². The molecular weight excluding hydrogens is 236 g/mol. The maximum atomic E-state index is 11.9. The third-order valence-electron chi connectivity index (χ3n) is 3.24. The second-order valence-electron chi connectivity index (χ2n) is 4.53. The molecule has 1 saturated carbocycles. The molecule has 1 aliphatic heterocycles. The average molecular weight is 255 g/mol. The van der Waals surface area contributed by atoms with Crippen LogP contribution < -0.4 is 5.73 Å². The van der Waals surface area contributed by atoms with Crippen LogP contribution in [0, 0.1) is 5.92 Å². The summed E-state index contributed by atoms with van der Waals surface area (Å²) in [4.78, 5) is 0. The molecule has 0 bridgehead atoms. The molecule has 4 nitrogen and oxygen atoms in total. The highest BCUT2D eigenvalue weighted by Gasteiger charge is 2.41. The zero-order valence-corrected chi connectivity index (χ0v) is 10.6. The Hall–Kier alpha value is 0.160. The largest absolute Gasteiger partial charge is 0.327 e. The molecule has 0 spiro atoms. The average Bonchev–Trinajstić information content (AvgIpc) is 2.92. The molecule has 1 heterocycles. The molecule has 2 unspecified atom stereocenters. The van der Waals surface area contributed by atoms with Crippen molar-refractivity contribution < 1.29 is 8.42 Å². The molecule has 15 heavy (non-hydrogen) atoms. The fraction of sp³-hybridized carbons (Fsp3) is 1.00. The van der Waals surface area contributed by atoms with Gasteiger partial charge in [0.25, 0.3) is 0 Å². The maximum absolute atomic E-state index is 11.9. The van der Waals surface area contributed by atoms with Gasteiger partial charge < -0.3 is 5.73 Å². The van der Waals surface area contributed by atoms with Crippen LogP contribution in [-0.4, -0.2) is 37.1 Å². The molecule has 0 amide bonds. The Balaban J connectivity index is 0.00000112. The van der Waals surface area contributed by atoms with Crippen LogP contribution in [0.25, 0.3) is 0 Å². The van der Waals surface area contributed by atoms with Crippen LogP contribution in [-0.2, 0) is 10.0 Å². The third kappa shape index (κ3) is 2.64. The lowest BCUT2D eigenvalue weighted by Crippen LogP contribution is -2.48. The topological polar surface area (TPSA) is 63.4 Å². The van der Waals surface area contributed by atoms with Crippen LogP contribution in [0.15, 0.2) is 0 Å². The minimum absolute atomic E-state index is 0. The Morgan fingerprint density at radius 3 is 2.33 bits per heavy atom. The molecule has 2 rings (SSSR count). The minimum Gasteiger partial charge on any atom is -0.327 e. The summed E-state index contributed by atoms with van der Waals surface area (Å²) in [5.74, 6) is 0.289. The van der Waals surface area contributed by atoms with Gasteiger partial charge in [-0.3, -0.25) is 0 Å². The van der Waals surface area contributed by atoms with Gasteiger partial charge in [-0.05, 0) is 25.2 Å². The molecule has 2 fully saturated rings. The highest BCUT2D eigenvalue weighted by molar-refractivity contribution is 7.90. The van der Waals surface area contributed by atoms with E-state index in [-0.39, 0.29) is 29.6 Å². The molecule has 2 N–H and O–H groups in total. The van der Waals surface area contributed by atoms with Crippen LogP contribution >= 0.6 is 12.4 Å². The zero-order chi connectivity index (χ0) is 10.3. The highest BCUT2D eigenvalue weighted by atomic mass is 35.5. The van der Waals surface area contributed by atoms with Gasteiger partial charge in [0.15, 0.2) is 0 Å². The van der Waals surface area contributed by atoms with Crippen molar-refractivity contribution in [2.75, 3.05) is 13.1 Å². The number of rotatable bonds is 2. The molecule has 1 aliphatic carbocycles. The van der Waals surface area contributed by atoms with Gasteiger partial charge in [0.1, 0.15) is 0 Å². The third-order valence-corrected chi connectivity index (χ3v) is 5.61. The zero-order valence-electron chi connectivity index (χ0n) is 8.93. The quantitative estimate of drug-likeness (QED) is 0.784. The van der Waals surface area contributed by atoms with Crippen molar-refractivity contribution in [1.82, 2.24) is 4.31 Å². The van der Waals surface area contributed by atoms with Crippen molar-refractivity contribution in [2.45, 2.75) is 37.5 Å². The summed E-state index contributed by atoms with van der Waals surface area (Å²) in [5.41, 5.74) is 5.85. The van der Waals surface area contributed by atoms with E-state index < -0.39 is 10.0 Å². The first-order valence-electron chi connectivity index (χ1n) is 5.26. The number of sulfonamides is 1. The molecular formula is C9H19ClN2O2S. The van der Waals surface area contributed by atoms with Crippen molar-refractivity contribution in [3.8, 4) is 0 Å². The van der Waals surface area contributed by atoms with Crippen LogP contribution in [0.1, 0.15) is 26.2 Å². The van der Waals surface area contributed by atoms with E-state index in [4.69, 9.17) is 5.73 Å². The fourth-order valence-corrected chi connectivity index (χ4v) is 3.89. The van der Waals surface area contributed by atoms with Crippen molar-refractivity contribution in [2.24, 2.45) is 11.7 Å².